The number of alkyl halides is 1. The Kier molecular flexibility index (Phi) is 3.17. The fraction of sp³-hybridized carbons (Fsp3) is 0.857. The Hall–Kier alpha value is -0.250. The Morgan fingerprint density at radius 3 is 3.00 bits per heavy atom. The van der Waals surface area contributed by atoms with Crippen LogP contribution in [0.15, 0.2) is 0 Å². The molecule has 0 N–H and O–H groups in total. The van der Waals surface area contributed by atoms with E-state index in [2.05, 4.69) is 4.74 Å². The molecule has 2 atom stereocenters. The van der Waals surface area contributed by atoms with Crippen LogP contribution in [-0.2, 0) is 9.53 Å². The topological polar surface area (TPSA) is 26.3 Å². The van der Waals surface area contributed by atoms with Gasteiger partial charge < -0.3 is 4.74 Å². The number of halogens is 1. The molecule has 0 saturated carbocycles. The molecule has 0 aromatic rings. The van der Waals surface area contributed by atoms with Gasteiger partial charge in [-0.2, -0.15) is 11.8 Å². The largest absolute Gasteiger partial charge is 0.469 e. The number of carbonyl (C=O) groups excluding carboxylic acids is 1. The highest BCUT2D eigenvalue weighted by Gasteiger charge is 2.31. The lowest BCUT2D eigenvalue weighted by Gasteiger charge is -2.22. The molecule has 0 aromatic carbocycles. The highest BCUT2D eigenvalue weighted by Crippen LogP contribution is 2.26. The molecule has 64 valence electrons. The van der Waals surface area contributed by atoms with Gasteiger partial charge in [0.05, 0.1) is 13.0 Å². The van der Waals surface area contributed by atoms with Gasteiger partial charge in [0.25, 0.3) is 0 Å². The summed E-state index contributed by atoms with van der Waals surface area (Å²) >= 11 is 1.61. The summed E-state index contributed by atoms with van der Waals surface area (Å²) in [6.07, 6.45) is -0.520. The third-order valence-electron chi connectivity index (χ3n) is 1.78. The van der Waals surface area contributed by atoms with E-state index in [1.165, 1.54) is 7.11 Å². The summed E-state index contributed by atoms with van der Waals surface area (Å²) in [7, 11) is 1.30. The van der Waals surface area contributed by atoms with E-state index in [0.29, 0.717) is 12.2 Å². The molecule has 1 saturated heterocycles. The van der Waals surface area contributed by atoms with Gasteiger partial charge in [-0.05, 0) is 12.2 Å². The van der Waals surface area contributed by atoms with Crippen LogP contribution in [-0.4, -0.2) is 30.8 Å². The van der Waals surface area contributed by atoms with Gasteiger partial charge >= 0.3 is 5.97 Å². The van der Waals surface area contributed by atoms with Gasteiger partial charge in [0.15, 0.2) is 0 Å². The number of hydrogen-bond acceptors (Lipinski definition) is 3. The maximum atomic E-state index is 13.0. The Morgan fingerprint density at radius 1 is 1.73 bits per heavy atom. The second kappa shape index (κ2) is 3.95. The van der Waals surface area contributed by atoms with Crippen LogP contribution in [0.4, 0.5) is 4.39 Å². The minimum atomic E-state index is -0.997. The molecule has 0 radical (unpaired) electrons. The first-order chi connectivity index (χ1) is 5.25. The van der Waals surface area contributed by atoms with E-state index in [0.717, 1.165) is 5.75 Å². The minimum Gasteiger partial charge on any atom is -0.469 e. The van der Waals surface area contributed by atoms with Gasteiger partial charge in [0.2, 0.25) is 0 Å². The molecule has 1 rings (SSSR count). The first-order valence-electron chi connectivity index (χ1n) is 3.55. The van der Waals surface area contributed by atoms with Crippen molar-refractivity contribution < 1.29 is 13.9 Å². The van der Waals surface area contributed by atoms with Gasteiger partial charge in [-0.15, -0.1) is 0 Å². The summed E-state index contributed by atoms with van der Waals surface area (Å²) in [5, 5.41) is 0. The molecular formula is C7H11FO2S. The molecule has 1 fully saturated rings. The molecule has 0 unspecified atom stereocenters. The number of methoxy groups -OCH3 is 1. The summed E-state index contributed by atoms with van der Waals surface area (Å²) < 4.78 is 17.4. The van der Waals surface area contributed by atoms with E-state index in [9.17, 15) is 9.18 Å². The molecule has 0 amide bonds. The van der Waals surface area contributed by atoms with Crippen molar-refractivity contribution in [1.29, 1.82) is 0 Å². The first-order valence-corrected chi connectivity index (χ1v) is 4.71. The molecule has 11 heavy (non-hydrogen) atoms. The maximum Gasteiger partial charge on any atom is 0.312 e. The number of carbonyl (C=O) groups is 1. The summed E-state index contributed by atoms with van der Waals surface area (Å²) in [6, 6.07) is 0. The van der Waals surface area contributed by atoms with E-state index >= 15 is 0 Å². The molecule has 1 aliphatic heterocycles. The predicted octanol–water partition coefficient (Wildman–Crippen LogP) is 1.25. The van der Waals surface area contributed by atoms with Crippen LogP contribution >= 0.6 is 11.8 Å². The van der Waals surface area contributed by atoms with Gasteiger partial charge in [0, 0.05) is 5.75 Å². The Morgan fingerprint density at radius 2 is 2.45 bits per heavy atom. The van der Waals surface area contributed by atoms with E-state index in [-0.39, 0.29) is 0 Å². The highest BCUT2D eigenvalue weighted by molar-refractivity contribution is 7.99. The standard InChI is InChI=1S/C7H11FO2S/c1-10-7(9)5-4-11-3-2-6(5)8/h5-6H,2-4H2,1H3/t5-,6-/m1/s1. The zero-order valence-corrected chi connectivity index (χ0v) is 7.20. The van der Waals surface area contributed by atoms with Crippen LogP contribution in [0.5, 0.6) is 0 Å². The lowest BCUT2D eigenvalue weighted by atomic mass is 10.0. The fourth-order valence-electron chi connectivity index (χ4n) is 1.08. The zero-order chi connectivity index (χ0) is 8.27. The SMILES string of the molecule is COC(=O)[C@@H]1CSCC[C@H]1F. The van der Waals surface area contributed by atoms with Crippen molar-refractivity contribution >= 4 is 17.7 Å². The van der Waals surface area contributed by atoms with Crippen LogP contribution in [0.1, 0.15) is 6.42 Å². The number of rotatable bonds is 1. The summed E-state index contributed by atoms with van der Waals surface area (Å²) in [6.45, 7) is 0. The smallest absolute Gasteiger partial charge is 0.312 e. The monoisotopic (exact) mass is 178 g/mol. The third kappa shape index (κ3) is 2.09. The van der Waals surface area contributed by atoms with Crippen LogP contribution in [0.25, 0.3) is 0 Å². The van der Waals surface area contributed by atoms with Crippen molar-refractivity contribution in [2.24, 2.45) is 5.92 Å². The van der Waals surface area contributed by atoms with Crippen molar-refractivity contribution in [2.75, 3.05) is 18.6 Å². The number of ether oxygens (including phenoxy) is 1. The molecule has 0 bridgehead atoms. The lowest BCUT2D eigenvalue weighted by Crippen LogP contribution is -2.32. The van der Waals surface area contributed by atoms with Crippen LogP contribution in [0.3, 0.4) is 0 Å². The minimum absolute atomic E-state index is 0.412. The van der Waals surface area contributed by atoms with Crippen molar-refractivity contribution in [3.63, 3.8) is 0 Å². The molecule has 0 aliphatic carbocycles. The molecule has 1 aliphatic rings. The van der Waals surface area contributed by atoms with Crippen molar-refractivity contribution in [2.45, 2.75) is 12.6 Å². The van der Waals surface area contributed by atoms with Crippen LogP contribution in [0, 0.1) is 5.92 Å². The fourth-order valence-corrected chi connectivity index (χ4v) is 2.24. The van der Waals surface area contributed by atoms with Gasteiger partial charge in [-0.3, -0.25) is 4.79 Å². The normalized spacial score (nSPS) is 31.5. The second-order valence-electron chi connectivity index (χ2n) is 2.51. The zero-order valence-electron chi connectivity index (χ0n) is 6.38. The maximum absolute atomic E-state index is 13.0. The number of thioether (sulfide) groups is 1. The molecule has 0 spiro atoms. The molecular weight excluding hydrogens is 167 g/mol. The number of hydrogen-bond donors (Lipinski definition) is 0. The van der Waals surface area contributed by atoms with E-state index in [1.807, 2.05) is 0 Å². The van der Waals surface area contributed by atoms with Gasteiger partial charge in [-0.25, -0.2) is 4.39 Å². The Labute approximate surface area is 69.5 Å². The molecule has 0 aromatic heterocycles. The van der Waals surface area contributed by atoms with Crippen LogP contribution < -0.4 is 0 Å². The Bertz CT molecular complexity index is 151. The van der Waals surface area contributed by atoms with E-state index in [1.54, 1.807) is 11.8 Å². The van der Waals surface area contributed by atoms with Gasteiger partial charge in [-0.1, -0.05) is 0 Å². The van der Waals surface area contributed by atoms with Crippen LogP contribution in [0.2, 0.25) is 0 Å². The summed E-state index contributed by atoms with van der Waals surface area (Å²) in [5.41, 5.74) is 0. The lowest BCUT2D eigenvalue weighted by molar-refractivity contribution is -0.146. The first kappa shape index (κ1) is 8.84. The summed E-state index contributed by atoms with van der Waals surface area (Å²) in [4.78, 5) is 10.9. The third-order valence-corrected chi connectivity index (χ3v) is 2.90. The quantitative estimate of drug-likeness (QED) is 0.565. The Balaban J connectivity index is 2.47. The summed E-state index contributed by atoms with van der Waals surface area (Å²) in [5.74, 6) is 0.436. The van der Waals surface area contributed by atoms with E-state index in [4.69, 9.17) is 0 Å². The molecule has 4 heteroatoms. The molecule has 1 heterocycles. The average molecular weight is 178 g/mol. The highest BCUT2D eigenvalue weighted by atomic mass is 32.2. The molecule has 2 nitrogen and oxygen atoms in total. The average Bonchev–Trinajstić information content (AvgIpc) is 2.04. The van der Waals surface area contributed by atoms with Crippen molar-refractivity contribution in [3.8, 4) is 0 Å². The second-order valence-corrected chi connectivity index (χ2v) is 3.66. The van der Waals surface area contributed by atoms with Gasteiger partial charge in [0.1, 0.15) is 6.17 Å². The number of esters is 1. The van der Waals surface area contributed by atoms with Crippen molar-refractivity contribution in [1.82, 2.24) is 0 Å². The predicted molar refractivity (Wildman–Crippen MR) is 42.3 cm³/mol. The van der Waals surface area contributed by atoms with E-state index < -0.39 is 18.1 Å². The van der Waals surface area contributed by atoms with Crippen molar-refractivity contribution in [3.05, 3.63) is 0 Å².